The molecule has 140 valence electrons. The number of carbonyl (C=O) groups excluding carboxylic acids is 1. The minimum Gasteiger partial charge on any atom is -0.762 e. The van der Waals surface area contributed by atoms with Crippen LogP contribution in [0.15, 0.2) is 0 Å². The standard InChI is InChI=1S/C15H28N4O5/c20-15(16-5-4-8-17-6-2-1-3-7-17)12-9-13(18(21)22)11-14(10-12)19(23)24/h12-14,21,23H,1-11H2,(H,16,20)/q-2. The molecule has 0 spiro atoms. The van der Waals surface area contributed by atoms with Gasteiger partial charge in [0.25, 0.3) is 0 Å². The van der Waals surface area contributed by atoms with Gasteiger partial charge in [-0.15, -0.1) is 0 Å². The van der Waals surface area contributed by atoms with Crippen LogP contribution in [0.1, 0.15) is 44.9 Å². The lowest BCUT2D eigenvalue weighted by Gasteiger charge is -2.44. The second-order valence-electron chi connectivity index (χ2n) is 6.86. The molecule has 0 aromatic rings. The molecule has 1 saturated carbocycles. The number of hydroxylamine groups is 4. The maximum atomic E-state index is 12.3. The Labute approximate surface area is 142 Å². The van der Waals surface area contributed by atoms with Crippen molar-refractivity contribution in [1.82, 2.24) is 20.7 Å². The van der Waals surface area contributed by atoms with Crippen molar-refractivity contribution in [2.75, 3.05) is 26.2 Å². The summed E-state index contributed by atoms with van der Waals surface area (Å²) in [6.45, 7) is 3.73. The molecule has 9 nitrogen and oxygen atoms in total. The van der Waals surface area contributed by atoms with Gasteiger partial charge in [-0.1, -0.05) is 6.42 Å². The van der Waals surface area contributed by atoms with Gasteiger partial charge in [0.1, 0.15) is 0 Å². The van der Waals surface area contributed by atoms with E-state index in [1.807, 2.05) is 0 Å². The maximum absolute atomic E-state index is 12.3. The van der Waals surface area contributed by atoms with Crippen molar-refractivity contribution >= 4 is 5.91 Å². The van der Waals surface area contributed by atoms with E-state index in [1.165, 1.54) is 19.3 Å². The third-order valence-corrected chi connectivity index (χ3v) is 5.05. The number of piperidine rings is 1. The monoisotopic (exact) mass is 344 g/mol. The van der Waals surface area contributed by atoms with E-state index in [-0.39, 0.29) is 35.6 Å². The second-order valence-corrected chi connectivity index (χ2v) is 6.86. The summed E-state index contributed by atoms with van der Waals surface area (Å²) in [6.07, 6.45) is 5.02. The number of amides is 1. The van der Waals surface area contributed by atoms with Crippen molar-refractivity contribution in [1.29, 1.82) is 0 Å². The van der Waals surface area contributed by atoms with E-state index in [0.717, 1.165) is 26.1 Å². The second kappa shape index (κ2) is 9.62. The van der Waals surface area contributed by atoms with Crippen molar-refractivity contribution in [2.24, 2.45) is 5.92 Å². The Morgan fingerprint density at radius 2 is 1.62 bits per heavy atom. The van der Waals surface area contributed by atoms with Crippen LogP contribution >= 0.6 is 0 Å². The van der Waals surface area contributed by atoms with Crippen molar-refractivity contribution in [3.63, 3.8) is 0 Å². The quantitative estimate of drug-likeness (QED) is 0.459. The van der Waals surface area contributed by atoms with Gasteiger partial charge in [0.05, 0.1) is 0 Å². The number of likely N-dealkylation sites (tertiary alicyclic amines) is 1. The summed E-state index contributed by atoms with van der Waals surface area (Å²) in [6, 6.07) is -1.70. The smallest absolute Gasteiger partial charge is 0.223 e. The normalized spacial score (nSPS) is 29.2. The minimum absolute atomic E-state index is 0.0404. The average molecular weight is 344 g/mol. The lowest BCUT2D eigenvalue weighted by Crippen LogP contribution is -2.47. The van der Waals surface area contributed by atoms with Crippen LogP contribution in [0.5, 0.6) is 0 Å². The van der Waals surface area contributed by atoms with Crippen molar-refractivity contribution in [3.05, 3.63) is 10.4 Å². The van der Waals surface area contributed by atoms with Crippen LogP contribution in [0.3, 0.4) is 0 Å². The number of rotatable bonds is 7. The summed E-state index contributed by atoms with van der Waals surface area (Å²) in [7, 11) is 0. The van der Waals surface area contributed by atoms with Crippen LogP contribution in [0.2, 0.25) is 0 Å². The first-order valence-electron chi connectivity index (χ1n) is 8.78. The Hall–Kier alpha value is -0.810. The van der Waals surface area contributed by atoms with E-state index in [0.29, 0.717) is 6.54 Å². The van der Waals surface area contributed by atoms with Crippen LogP contribution in [0, 0.1) is 16.3 Å². The molecule has 24 heavy (non-hydrogen) atoms. The van der Waals surface area contributed by atoms with Gasteiger partial charge >= 0.3 is 0 Å². The molecule has 1 saturated heterocycles. The fourth-order valence-corrected chi connectivity index (χ4v) is 3.68. The zero-order chi connectivity index (χ0) is 17.5. The molecular weight excluding hydrogens is 316 g/mol. The van der Waals surface area contributed by atoms with Crippen LogP contribution < -0.4 is 5.32 Å². The lowest BCUT2D eigenvalue weighted by atomic mass is 9.82. The molecule has 1 aliphatic heterocycles. The molecule has 1 amide bonds. The average Bonchev–Trinajstić information content (AvgIpc) is 2.59. The van der Waals surface area contributed by atoms with Gasteiger partial charge in [-0.3, -0.25) is 15.2 Å². The number of hydrogen-bond donors (Lipinski definition) is 3. The van der Waals surface area contributed by atoms with Crippen molar-refractivity contribution in [3.8, 4) is 0 Å². The first-order valence-corrected chi connectivity index (χ1v) is 8.78. The predicted molar refractivity (Wildman–Crippen MR) is 86.8 cm³/mol. The van der Waals surface area contributed by atoms with Gasteiger partial charge in [0.2, 0.25) is 5.91 Å². The molecule has 0 radical (unpaired) electrons. The number of nitrogens with one attached hydrogen (secondary N) is 1. The van der Waals surface area contributed by atoms with Crippen LogP contribution in [-0.4, -0.2) is 69.9 Å². The largest absolute Gasteiger partial charge is 0.762 e. The van der Waals surface area contributed by atoms with Crippen LogP contribution in [0.25, 0.3) is 0 Å². The molecule has 2 rings (SSSR count). The molecule has 1 heterocycles. The number of nitrogens with zero attached hydrogens (tertiary/aromatic N) is 3. The topological polar surface area (TPSA) is 125 Å². The van der Waals surface area contributed by atoms with Gasteiger partial charge in [0.15, 0.2) is 0 Å². The van der Waals surface area contributed by atoms with Crippen molar-refractivity contribution < 1.29 is 15.2 Å². The molecule has 2 fully saturated rings. The highest BCUT2D eigenvalue weighted by molar-refractivity contribution is 5.78. The molecule has 2 atom stereocenters. The Morgan fingerprint density at radius 1 is 1.04 bits per heavy atom. The molecule has 2 unspecified atom stereocenters. The van der Waals surface area contributed by atoms with Crippen LogP contribution in [-0.2, 0) is 4.79 Å². The molecule has 0 aromatic heterocycles. The lowest BCUT2D eigenvalue weighted by molar-refractivity contribution is -0.148. The summed E-state index contributed by atoms with van der Waals surface area (Å²) in [5, 5.41) is 42.8. The highest BCUT2D eigenvalue weighted by Crippen LogP contribution is 2.29. The van der Waals surface area contributed by atoms with Crippen LogP contribution in [0.4, 0.5) is 0 Å². The Balaban J connectivity index is 1.73. The van der Waals surface area contributed by atoms with Gasteiger partial charge in [-0.2, -0.15) is 0 Å². The summed E-state index contributed by atoms with van der Waals surface area (Å²) in [5.74, 6) is -0.789. The SMILES string of the molecule is O=C(NCCCN1CCCCC1)C1CC(N([O-])O)CC(N([O-])O)C1. The summed E-state index contributed by atoms with van der Waals surface area (Å²) >= 11 is 0. The van der Waals surface area contributed by atoms with Gasteiger partial charge in [-0.25, -0.2) is 0 Å². The van der Waals surface area contributed by atoms with Crippen molar-refractivity contribution in [2.45, 2.75) is 57.0 Å². The van der Waals surface area contributed by atoms with E-state index in [4.69, 9.17) is 10.4 Å². The molecule has 9 heteroatoms. The van der Waals surface area contributed by atoms with Gasteiger partial charge in [-0.05, 0) is 58.2 Å². The van der Waals surface area contributed by atoms with E-state index in [1.54, 1.807) is 0 Å². The molecule has 3 N–H and O–H groups in total. The first-order chi connectivity index (χ1) is 11.5. The maximum Gasteiger partial charge on any atom is 0.223 e. The first kappa shape index (κ1) is 19.5. The summed E-state index contributed by atoms with van der Waals surface area (Å²) in [5.41, 5.74) is 0. The highest BCUT2D eigenvalue weighted by Gasteiger charge is 2.33. The number of carbonyl (C=O) groups is 1. The molecule has 2 aliphatic rings. The van der Waals surface area contributed by atoms with Gasteiger partial charge in [0, 0.05) is 24.5 Å². The zero-order valence-electron chi connectivity index (χ0n) is 14.0. The molecule has 0 bridgehead atoms. The van der Waals surface area contributed by atoms with E-state index < -0.39 is 18.0 Å². The van der Waals surface area contributed by atoms with E-state index in [2.05, 4.69) is 10.2 Å². The third-order valence-electron chi connectivity index (χ3n) is 5.05. The van der Waals surface area contributed by atoms with E-state index >= 15 is 0 Å². The number of hydrogen-bond acceptors (Lipinski definition) is 8. The molecule has 1 aliphatic carbocycles. The van der Waals surface area contributed by atoms with E-state index in [9.17, 15) is 15.2 Å². The fourth-order valence-electron chi connectivity index (χ4n) is 3.68. The zero-order valence-corrected chi connectivity index (χ0v) is 14.0. The third kappa shape index (κ3) is 5.92. The Kier molecular flexibility index (Phi) is 7.82. The summed E-state index contributed by atoms with van der Waals surface area (Å²) in [4.78, 5) is 14.6. The summed E-state index contributed by atoms with van der Waals surface area (Å²) < 4.78 is 0. The highest BCUT2D eigenvalue weighted by atomic mass is 16.8. The Morgan fingerprint density at radius 3 is 2.17 bits per heavy atom. The van der Waals surface area contributed by atoms with Gasteiger partial charge < -0.3 is 31.0 Å². The molecular formula is C15H28N4O5-2. The Bertz CT molecular complexity index is 374. The predicted octanol–water partition coefficient (Wildman–Crippen LogP) is 0.894. The molecule has 0 aromatic carbocycles. The fraction of sp³-hybridized carbons (Fsp3) is 0.933. The minimum atomic E-state index is -0.851.